The second-order valence-corrected chi connectivity index (χ2v) is 3.92. The van der Waals surface area contributed by atoms with Crippen LogP contribution in [-0.4, -0.2) is 30.5 Å². The van der Waals surface area contributed by atoms with Gasteiger partial charge in [-0.3, -0.25) is 4.79 Å². The van der Waals surface area contributed by atoms with Crippen molar-refractivity contribution in [3.05, 3.63) is 0 Å². The molecule has 1 amide bonds. The fraction of sp³-hybridized carbons (Fsp3) is 0.857. The molecule has 0 aromatic carbocycles. The summed E-state index contributed by atoms with van der Waals surface area (Å²) in [6.07, 6.45) is 1.05. The first kappa shape index (κ1) is 8.87. The molecule has 1 aliphatic rings. The molecule has 2 unspecified atom stereocenters. The Morgan fingerprint density at radius 1 is 1.73 bits per heavy atom. The van der Waals surface area contributed by atoms with Crippen LogP contribution in [0, 0.1) is 5.92 Å². The highest BCUT2D eigenvalue weighted by Gasteiger charge is 2.28. The molecule has 0 bridgehead atoms. The minimum absolute atomic E-state index is 0.0266. The van der Waals surface area contributed by atoms with Crippen molar-refractivity contribution in [1.82, 2.24) is 5.32 Å². The van der Waals surface area contributed by atoms with Gasteiger partial charge in [0.05, 0.1) is 5.92 Å². The van der Waals surface area contributed by atoms with Gasteiger partial charge in [-0.05, 0) is 19.2 Å². The number of carbonyl (C=O) groups excluding carboxylic acids is 1. The summed E-state index contributed by atoms with van der Waals surface area (Å²) in [7, 11) is 1.89. The molecule has 3 nitrogen and oxygen atoms in total. The minimum atomic E-state index is -0.170. The maximum absolute atomic E-state index is 10.9. The van der Waals surface area contributed by atoms with Crippen LogP contribution in [-0.2, 0) is 4.79 Å². The van der Waals surface area contributed by atoms with Crippen molar-refractivity contribution in [2.45, 2.75) is 12.5 Å². The summed E-state index contributed by atoms with van der Waals surface area (Å²) in [4.78, 5) is 10.9. The van der Waals surface area contributed by atoms with E-state index < -0.39 is 0 Å². The Balaban J connectivity index is 2.51. The summed E-state index contributed by atoms with van der Waals surface area (Å²) in [6.45, 7) is 0. The number of nitrogens with one attached hydrogen (secondary N) is 1. The van der Waals surface area contributed by atoms with E-state index in [-0.39, 0.29) is 11.8 Å². The van der Waals surface area contributed by atoms with Gasteiger partial charge in [0.15, 0.2) is 0 Å². The van der Waals surface area contributed by atoms with E-state index in [1.807, 2.05) is 18.8 Å². The van der Waals surface area contributed by atoms with Gasteiger partial charge >= 0.3 is 0 Å². The van der Waals surface area contributed by atoms with Gasteiger partial charge in [0.1, 0.15) is 0 Å². The summed E-state index contributed by atoms with van der Waals surface area (Å²) in [5, 5.41) is 3.12. The first-order valence-corrected chi connectivity index (χ1v) is 4.95. The lowest BCUT2D eigenvalue weighted by atomic mass is 9.98. The predicted octanol–water partition coefficient (Wildman–Crippen LogP) is -0.187. The zero-order valence-corrected chi connectivity index (χ0v) is 7.49. The van der Waals surface area contributed by atoms with Gasteiger partial charge in [-0.15, -0.1) is 0 Å². The monoisotopic (exact) mass is 174 g/mol. The average molecular weight is 174 g/mol. The molecule has 1 saturated heterocycles. The van der Waals surface area contributed by atoms with Gasteiger partial charge < -0.3 is 11.1 Å². The zero-order chi connectivity index (χ0) is 8.27. The van der Waals surface area contributed by atoms with E-state index in [1.165, 1.54) is 0 Å². The van der Waals surface area contributed by atoms with Gasteiger partial charge in [-0.2, -0.15) is 11.8 Å². The lowest BCUT2D eigenvalue weighted by Gasteiger charge is -2.28. The first-order chi connectivity index (χ1) is 5.25. The maximum Gasteiger partial charge on any atom is 0.222 e. The van der Waals surface area contributed by atoms with Crippen LogP contribution >= 0.6 is 11.8 Å². The average Bonchev–Trinajstić information content (AvgIpc) is 2.04. The zero-order valence-electron chi connectivity index (χ0n) is 6.67. The summed E-state index contributed by atoms with van der Waals surface area (Å²) in [5.74, 6) is 1.87. The molecule has 2 atom stereocenters. The molecule has 3 N–H and O–H groups in total. The summed E-state index contributed by atoms with van der Waals surface area (Å²) < 4.78 is 0. The molecule has 4 heteroatoms. The number of nitrogens with two attached hydrogens (primary N) is 1. The van der Waals surface area contributed by atoms with Gasteiger partial charge in [0, 0.05) is 11.8 Å². The molecule has 11 heavy (non-hydrogen) atoms. The molecule has 1 aliphatic heterocycles. The molecule has 1 rings (SSSR count). The summed E-state index contributed by atoms with van der Waals surface area (Å²) in [6, 6.07) is 0.300. The summed E-state index contributed by atoms with van der Waals surface area (Å²) >= 11 is 1.81. The predicted molar refractivity (Wildman–Crippen MR) is 47.5 cm³/mol. The van der Waals surface area contributed by atoms with Gasteiger partial charge in [-0.25, -0.2) is 0 Å². The molecule has 0 spiro atoms. The Labute approximate surface area is 71.1 Å². The third kappa shape index (κ3) is 2.10. The first-order valence-electron chi connectivity index (χ1n) is 3.80. The van der Waals surface area contributed by atoms with Gasteiger partial charge in [0.25, 0.3) is 0 Å². The molecule has 0 aromatic heterocycles. The number of carbonyl (C=O) groups is 1. The minimum Gasteiger partial charge on any atom is -0.369 e. The van der Waals surface area contributed by atoms with E-state index in [0.717, 1.165) is 17.9 Å². The molecule has 0 aromatic rings. The Morgan fingerprint density at radius 3 is 2.91 bits per heavy atom. The van der Waals surface area contributed by atoms with Crippen LogP contribution < -0.4 is 11.1 Å². The van der Waals surface area contributed by atoms with Crippen LogP contribution in [0.15, 0.2) is 0 Å². The number of primary amides is 1. The van der Waals surface area contributed by atoms with Crippen molar-refractivity contribution < 1.29 is 4.79 Å². The van der Waals surface area contributed by atoms with Crippen molar-refractivity contribution >= 4 is 17.7 Å². The third-order valence-electron chi connectivity index (χ3n) is 2.09. The van der Waals surface area contributed by atoms with Crippen LogP contribution in [0.5, 0.6) is 0 Å². The molecule has 1 heterocycles. The molecular formula is C7H14N2OS. The van der Waals surface area contributed by atoms with Gasteiger partial charge in [0.2, 0.25) is 5.91 Å². The van der Waals surface area contributed by atoms with Crippen molar-refractivity contribution in [2.75, 3.05) is 18.6 Å². The molecule has 64 valence electrons. The van der Waals surface area contributed by atoms with Crippen LogP contribution in [0.25, 0.3) is 0 Å². The summed E-state index contributed by atoms with van der Waals surface area (Å²) in [5.41, 5.74) is 5.24. The van der Waals surface area contributed by atoms with Crippen LogP contribution in [0.3, 0.4) is 0 Å². The number of thioether (sulfide) groups is 1. The fourth-order valence-corrected chi connectivity index (χ4v) is 2.60. The van der Waals surface area contributed by atoms with E-state index >= 15 is 0 Å². The number of amides is 1. The number of hydrogen-bond donors (Lipinski definition) is 2. The van der Waals surface area contributed by atoms with Crippen molar-refractivity contribution in [1.29, 1.82) is 0 Å². The number of hydrogen-bond acceptors (Lipinski definition) is 3. The second-order valence-electron chi connectivity index (χ2n) is 2.77. The smallest absolute Gasteiger partial charge is 0.222 e. The highest BCUT2D eigenvalue weighted by Crippen LogP contribution is 2.22. The normalized spacial score (nSPS) is 31.7. The highest BCUT2D eigenvalue weighted by atomic mass is 32.2. The van der Waals surface area contributed by atoms with E-state index in [4.69, 9.17) is 5.73 Å². The maximum atomic E-state index is 10.9. The largest absolute Gasteiger partial charge is 0.369 e. The van der Waals surface area contributed by atoms with E-state index in [2.05, 4.69) is 5.32 Å². The van der Waals surface area contributed by atoms with Crippen LogP contribution in [0.4, 0.5) is 0 Å². The Bertz CT molecular complexity index is 151. The van der Waals surface area contributed by atoms with E-state index in [1.54, 1.807) is 0 Å². The standard InChI is InChI=1S/C7H14N2OS/c1-9-6-2-3-11-4-5(6)7(8)10/h5-6,9H,2-4H2,1H3,(H2,8,10). The quantitative estimate of drug-likeness (QED) is 0.610. The van der Waals surface area contributed by atoms with Crippen LogP contribution in [0.2, 0.25) is 0 Å². The topological polar surface area (TPSA) is 55.1 Å². The van der Waals surface area contributed by atoms with E-state index in [0.29, 0.717) is 6.04 Å². The Hall–Kier alpha value is -0.220. The lowest BCUT2D eigenvalue weighted by molar-refractivity contribution is -0.122. The lowest BCUT2D eigenvalue weighted by Crippen LogP contribution is -2.45. The molecule has 0 aliphatic carbocycles. The highest BCUT2D eigenvalue weighted by molar-refractivity contribution is 7.99. The SMILES string of the molecule is CNC1CCSCC1C(N)=O. The molecule has 0 radical (unpaired) electrons. The van der Waals surface area contributed by atoms with Crippen molar-refractivity contribution in [3.63, 3.8) is 0 Å². The van der Waals surface area contributed by atoms with E-state index in [9.17, 15) is 4.79 Å². The Morgan fingerprint density at radius 2 is 2.45 bits per heavy atom. The van der Waals surface area contributed by atoms with Gasteiger partial charge in [-0.1, -0.05) is 0 Å². The molecule has 0 saturated carbocycles. The fourth-order valence-electron chi connectivity index (χ4n) is 1.36. The second kappa shape index (κ2) is 3.97. The van der Waals surface area contributed by atoms with Crippen molar-refractivity contribution in [3.8, 4) is 0 Å². The third-order valence-corrected chi connectivity index (χ3v) is 3.21. The van der Waals surface area contributed by atoms with Crippen molar-refractivity contribution in [2.24, 2.45) is 11.7 Å². The van der Waals surface area contributed by atoms with Crippen LogP contribution in [0.1, 0.15) is 6.42 Å². The Kier molecular flexibility index (Phi) is 3.20. The number of rotatable bonds is 2. The molecular weight excluding hydrogens is 160 g/mol. The molecule has 1 fully saturated rings.